The standard InChI is InChI=1S/C9H17NO/c1-6-3-4-7(2)8(5-6)9(10)11/h6-8H,3-5H2,1-2H3,(H2,10,11). The van der Waals surface area contributed by atoms with Crippen molar-refractivity contribution >= 4 is 5.91 Å². The third kappa shape index (κ3) is 1.95. The van der Waals surface area contributed by atoms with E-state index in [2.05, 4.69) is 13.8 Å². The summed E-state index contributed by atoms with van der Waals surface area (Å²) in [7, 11) is 0. The van der Waals surface area contributed by atoms with Gasteiger partial charge in [-0.25, -0.2) is 0 Å². The molecule has 1 aliphatic carbocycles. The van der Waals surface area contributed by atoms with Crippen molar-refractivity contribution in [3.63, 3.8) is 0 Å². The van der Waals surface area contributed by atoms with Gasteiger partial charge in [-0.15, -0.1) is 0 Å². The van der Waals surface area contributed by atoms with E-state index in [9.17, 15) is 4.79 Å². The highest BCUT2D eigenvalue weighted by Gasteiger charge is 2.28. The molecule has 2 nitrogen and oxygen atoms in total. The van der Waals surface area contributed by atoms with Gasteiger partial charge in [-0.05, 0) is 24.7 Å². The van der Waals surface area contributed by atoms with Crippen molar-refractivity contribution in [2.24, 2.45) is 23.5 Å². The van der Waals surface area contributed by atoms with Crippen LogP contribution in [0.5, 0.6) is 0 Å². The molecule has 0 aromatic carbocycles. The minimum Gasteiger partial charge on any atom is -0.369 e. The lowest BCUT2D eigenvalue weighted by atomic mass is 9.75. The van der Waals surface area contributed by atoms with Gasteiger partial charge in [0.1, 0.15) is 0 Å². The van der Waals surface area contributed by atoms with Crippen LogP contribution >= 0.6 is 0 Å². The predicted molar refractivity (Wildman–Crippen MR) is 44.9 cm³/mol. The second kappa shape index (κ2) is 3.24. The average molecular weight is 155 g/mol. The van der Waals surface area contributed by atoms with E-state index >= 15 is 0 Å². The van der Waals surface area contributed by atoms with Gasteiger partial charge in [-0.2, -0.15) is 0 Å². The summed E-state index contributed by atoms with van der Waals surface area (Å²) in [5, 5.41) is 0. The number of primary amides is 1. The van der Waals surface area contributed by atoms with Crippen molar-refractivity contribution in [3.8, 4) is 0 Å². The molecule has 1 rings (SSSR count). The summed E-state index contributed by atoms with van der Waals surface area (Å²) in [6, 6.07) is 0. The molecule has 0 radical (unpaired) electrons. The van der Waals surface area contributed by atoms with Crippen molar-refractivity contribution in [3.05, 3.63) is 0 Å². The first-order valence-corrected chi connectivity index (χ1v) is 4.40. The second-order valence-corrected chi connectivity index (χ2v) is 3.90. The Morgan fingerprint density at radius 2 is 2.00 bits per heavy atom. The Hall–Kier alpha value is -0.530. The van der Waals surface area contributed by atoms with Crippen LogP contribution in [-0.2, 0) is 4.79 Å². The maximum atomic E-state index is 10.9. The zero-order valence-corrected chi connectivity index (χ0v) is 7.34. The summed E-state index contributed by atoms with van der Waals surface area (Å²) in [5.41, 5.74) is 5.28. The summed E-state index contributed by atoms with van der Waals surface area (Å²) in [5.74, 6) is 1.22. The number of carbonyl (C=O) groups excluding carboxylic acids is 1. The van der Waals surface area contributed by atoms with E-state index in [0.29, 0.717) is 11.8 Å². The van der Waals surface area contributed by atoms with Gasteiger partial charge in [0.25, 0.3) is 0 Å². The van der Waals surface area contributed by atoms with Crippen LogP contribution in [0.15, 0.2) is 0 Å². The van der Waals surface area contributed by atoms with Gasteiger partial charge in [-0.1, -0.05) is 20.3 Å². The van der Waals surface area contributed by atoms with Crippen LogP contribution in [0.25, 0.3) is 0 Å². The van der Waals surface area contributed by atoms with Crippen LogP contribution < -0.4 is 5.73 Å². The Bertz CT molecular complexity index is 156. The predicted octanol–water partition coefficient (Wildman–Crippen LogP) is 1.54. The zero-order valence-electron chi connectivity index (χ0n) is 7.34. The van der Waals surface area contributed by atoms with Crippen LogP contribution in [0.2, 0.25) is 0 Å². The van der Waals surface area contributed by atoms with Crippen molar-refractivity contribution in [2.45, 2.75) is 33.1 Å². The monoisotopic (exact) mass is 155 g/mol. The molecule has 3 unspecified atom stereocenters. The van der Waals surface area contributed by atoms with Gasteiger partial charge in [0, 0.05) is 5.92 Å². The summed E-state index contributed by atoms with van der Waals surface area (Å²) in [4.78, 5) is 10.9. The molecule has 0 heterocycles. The molecule has 0 spiro atoms. The smallest absolute Gasteiger partial charge is 0.220 e. The summed E-state index contributed by atoms with van der Waals surface area (Å²) in [6.45, 7) is 4.32. The number of rotatable bonds is 1. The quantitative estimate of drug-likeness (QED) is 0.613. The average Bonchev–Trinajstić information content (AvgIpc) is 1.94. The molecular weight excluding hydrogens is 138 g/mol. The summed E-state index contributed by atoms with van der Waals surface area (Å²) in [6.07, 6.45) is 3.41. The molecule has 2 N–H and O–H groups in total. The highest BCUT2D eigenvalue weighted by atomic mass is 16.1. The van der Waals surface area contributed by atoms with Crippen LogP contribution in [0.1, 0.15) is 33.1 Å². The van der Waals surface area contributed by atoms with Gasteiger partial charge >= 0.3 is 0 Å². The highest BCUT2D eigenvalue weighted by Crippen LogP contribution is 2.32. The molecule has 0 aliphatic heterocycles. The van der Waals surface area contributed by atoms with Crippen LogP contribution in [0, 0.1) is 17.8 Å². The Kier molecular flexibility index (Phi) is 2.53. The lowest BCUT2D eigenvalue weighted by Crippen LogP contribution is -2.33. The van der Waals surface area contributed by atoms with Crippen molar-refractivity contribution in [1.82, 2.24) is 0 Å². The molecule has 0 aromatic heterocycles. The molecule has 64 valence electrons. The largest absolute Gasteiger partial charge is 0.369 e. The maximum Gasteiger partial charge on any atom is 0.220 e. The minimum atomic E-state index is -0.107. The Labute approximate surface area is 68.2 Å². The molecule has 1 fully saturated rings. The van der Waals surface area contributed by atoms with E-state index in [1.54, 1.807) is 0 Å². The van der Waals surface area contributed by atoms with Gasteiger partial charge in [-0.3, -0.25) is 4.79 Å². The first-order chi connectivity index (χ1) is 5.11. The molecule has 1 aliphatic rings. The summed E-state index contributed by atoms with van der Waals surface area (Å²) >= 11 is 0. The van der Waals surface area contributed by atoms with Gasteiger partial charge in [0.05, 0.1) is 0 Å². The topological polar surface area (TPSA) is 43.1 Å². The second-order valence-electron chi connectivity index (χ2n) is 3.90. The Morgan fingerprint density at radius 3 is 2.45 bits per heavy atom. The van der Waals surface area contributed by atoms with E-state index in [1.807, 2.05) is 0 Å². The van der Waals surface area contributed by atoms with E-state index in [4.69, 9.17) is 5.73 Å². The normalized spacial score (nSPS) is 38.5. The fourth-order valence-corrected chi connectivity index (χ4v) is 1.93. The van der Waals surface area contributed by atoms with Gasteiger partial charge < -0.3 is 5.73 Å². The SMILES string of the molecule is CC1CCC(C)C(C(N)=O)C1. The van der Waals surface area contributed by atoms with Crippen molar-refractivity contribution < 1.29 is 4.79 Å². The molecule has 2 heteroatoms. The van der Waals surface area contributed by atoms with Crippen LogP contribution in [-0.4, -0.2) is 5.91 Å². The molecule has 11 heavy (non-hydrogen) atoms. The fourth-order valence-electron chi connectivity index (χ4n) is 1.93. The lowest BCUT2D eigenvalue weighted by molar-refractivity contribution is -0.124. The first kappa shape index (κ1) is 8.57. The Morgan fingerprint density at radius 1 is 1.36 bits per heavy atom. The van der Waals surface area contributed by atoms with Gasteiger partial charge in [0.2, 0.25) is 5.91 Å². The van der Waals surface area contributed by atoms with E-state index in [-0.39, 0.29) is 11.8 Å². The number of amides is 1. The van der Waals surface area contributed by atoms with Gasteiger partial charge in [0.15, 0.2) is 0 Å². The van der Waals surface area contributed by atoms with E-state index in [1.165, 1.54) is 6.42 Å². The number of nitrogens with two attached hydrogens (primary N) is 1. The number of hydrogen-bond donors (Lipinski definition) is 1. The van der Waals surface area contributed by atoms with Crippen LogP contribution in [0.3, 0.4) is 0 Å². The molecule has 0 saturated heterocycles. The molecule has 1 amide bonds. The van der Waals surface area contributed by atoms with E-state index in [0.717, 1.165) is 12.8 Å². The minimum absolute atomic E-state index is 0.107. The third-order valence-corrected chi connectivity index (χ3v) is 2.82. The van der Waals surface area contributed by atoms with E-state index < -0.39 is 0 Å². The van der Waals surface area contributed by atoms with Crippen molar-refractivity contribution in [2.75, 3.05) is 0 Å². The maximum absolute atomic E-state index is 10.9. The molecule has 1 saturated carbocycles. The van der Waals surface area contributed by atoms with Crippen LogP contribution in [0.4, 0.5) is 0 Å². The number of hydrogen-bond acceptors (Lipinski definition) is 1. The molecule has 3 atom stereocenters. The Balaban J connectivity index is 2.54. The third-order valence-electron chi connectivity index (χ3n) is 2.82. The molecular formula is C9H17NO. The zero-order chi connectivity index (χ0) is 8.43. The fraction of sp³-hybridized carbons (Fsp3) is 0.889. The first-order valence-electron chi connectivity index (χ1n) is 4.40. The van der Waals surface area contributed by atoms with Crippen molar-refractivity contribution in [1.29, 1.82) is 0 Å². The highest BCUT2D eigenvalue weighted by molar-refractivity contribution is 5.77. The lowest BCUT2D eigenvalue weighted by Gasteiger charge is -2.30. The molecule has 0 bridgehead atoms. The molecule has 0 aromatic rings. The summed E-state index contributed by atoms with van der Waals surface area (Å²) < 4.78 is 0. The number of carbonyl (C=O) groups is 1.